The van der Waals surface area contributed by atoms with Crippen LogP contribution in [0.25, 0.3) is 11.3 Å². The zero-order valence-electron chi connectivity index (χ0n) is 19.7. The number of ether oxygens (including phenoxy) is 1. The predicted octanol–water partition coefficient (Wildman–Crippen LogP) is 5.18. The van der Waals surface area contributed by atoms with E-state index in [1.165, 1.54) is 11.8 Å². The first-order chi connectivity index (χ1) is 17.6. The number of aromatic nitrogens is 2. The maximum absolute atomic E-state index is 12.6. The van der Waals surface area contributed by atoms with Gasteiger partial charge >= 0.3 is 0 Å². The summed E-state index contributed by atoms with van der Waals surface area (Å²) in [6, 6.07) is 26.5. The number of carbonyl (C=O) groups is 1. The Bertz CT molecular complexity index is 1460. The van der Waals surface area contributed by atoms with E-state index in [1.54, 1.807) is 31.4 Å². The molecule has 36 heavy (non-hydrogen) atoms. The molecule has 3 aromatic carbocycles. The van der Waals surface area contributed by atoms with Gasteiger partial charge in [-0.3, -0.25) is 9.59 Å². The second-order valence-electron chi connectivity index (χ2n) is 7.96. The number of hydrogen-bond acceptors (Lipinski definition) is 6. The highest BCUT2D eigenvalue weighted by Crippen LogP contribution is 2.27. The van der Waals surface area contributed by atoms with Crippen LogP contribution in [0.2, 0.25) is 0 Å². The number of aryl methyl sites for hydroxylation is 1. The third-order valence-corrected chi connectivity index (χ3v) is 6.37. The second-order valence-corrected chi connectivity index (χ2v) is 8.93. The molecule has 4 rings (SSSR count). The van der Waals surface area contributed by atoms with Crippen LogP contribution in [0.5, 0.6) is 5.75 Å². The summed E-state index contributed by atoms with van der Waals surface area (Å²) in [6.45, 7) is 0. The van der Waals surface area contributed by atoms with Crippen molar-refractivity contribution < 1.29 is 9.53 Å². The minimum atomic E-state index is -0.493. The van der Waals surface area contributed by atoms with Crippen molar-refractivity contribution in [2.45, 2.75) is 23.8 Å². The van der Waals surface area contributed by atoms with Crippen molar-refractivity contribution in [2.24, 2.45) is 0 Å². The fraction of sp³-hybridized carbons (Fsp3) is 0.143. The lowest BCUT2D eigenvalue weighted by Gasteiger charge is -2.09. The first-order valence-corrected chi connectivity index (χ1v) is 12.3. The molecule has 1 heterocycles. The van der Waals surface area contributed by atoms with Crippen molar-refractivity contribution in [3.8, 4) is 23.1 Å². The van der Waals surface area contributed by atoms with E-state index < -0.39 is 5.56 Å². The summed E-state index contributed by atoms with van der Waals surface area (Å²) in [5, 5.41) is 12.9. The summed E-state index contributed by atoms with van der Waals surface area (Å²) in [6.07, 6.45) is 1.07. The monoisotopic (exact) mass is 496 g/mol. The molecule has 0 spiro atoms. The van der Waals surface area contributed by atoms with Crippen LogP contribution in [-0.2, 0) is 17.0 Å². The number of nitrogens with one attached hydrogen (secondary N) is 2. The summed E-state index contributed by atoms with van der Waals surface area (Å²) in [5.41, 5.74) is 3.18. The van der Waals surface area contributed by atoms with Gasteiger partial charge in [0.1, 0.15) is 17.4 Å². The fourth-order valence-corrected chi connectivity index (χ4v) is 4.42. The average molecular weight is 497 g/mol. The number of thioether (sulfide) groups is 1. The van der Waals surface area contributed by atoms with E-state index in [2.05, 4.69) is 15.3 Å². The third-order valence-electron chi connectivity index (χ3n) is 5.42. The molecule has 0 bridgehead atoms. The van der Waals surface area contributed by atoms with Gasteiger partial charge in [-0.25, -0.2) is 4.98 Å². The van der Waals surface area contributed by atoms with Crippen molar-refractivity contribution in [3.63, 3.8) is 0 Å². The molecule has 4 aromatic rings. The Morgan fingerprint density at radius 1 is 1.06 bits per heavy atom. The number of carbonyl (C=O) groups excluding carboxylic acids is 1. The van der Waals surface area contributed by atoms with Crippen LogP contribution < -0.4 is 15.6 Å². The summed E-state index contributed by atoms with van der Waals surface area (Å²) < 4.78 is 5.26. The largest absolute Gasteiger partial charge is 0.497 e. The molecule has 1 aromatic heterocycles. The van der Waals surface area contributed by atoms with Crippen LogP contribution in [0.3, 0.4) is 0 Å². The Morgan fingerprint density at radius 3 is 2.61 bits per heavy atom. The van der Waals surface area contributed by atoms with E-state index in [9.17, 15) is 14.9 Å². The molecule has 1 amide bonds. The smallest absolute Gasteiger partial charge is 0.270 e. The molecule has 0 atom stereocenters. The molecule has 2 N–H and O–H groups in total. The van der Waals surface area contributed by atoms with Crippen molar-refractivity contribution >= 4 is 23.4 Å². The number of hydrogen-bond donors (Lipinski definition) is 2. The lowest BCUT2D eigenvalue weighted by Crippen LogP contribution is -2.14. The van der Waals surface area contributed by atoms with E-state index in [0.29, 0.717) is 46.4 Å². The average Bonchev–Trinajstić information content (AvgIpc) is 2.91. The Labute approximate surface area is 213 Å². The summed E-state index contributed by atoms with van der Waals surface area (Å²) >= 11 is 1.34. The Kier molecular flexibility index (Phi) is 8.16. The van der Waals surface area contributed by atoms with E-state index in [4.69, 9.17) is 4.74 Å². The van der Waals surface area contributed by atoms with Crippen molar-refractivity contribution in [1.82, 2.24) is 9.97 Å². The highest BCUT2D eigenvalue weighted by atomic mass is 32.2. The van der Waals surface area contributed by atoms with Crippen LogP contribution >= 0.6 is 11.8 Å². The first-order valence-electron chi connectivity index (χ1n) is 11.3. The number of methoxy groups -OCH3 is 1. The zero-order chi connectivity index (χ0) is 25.3. The van der Waals surface area contributed by atoms with E-state index >= 15 is 0 Å². The van der Waals surface area contributed by atoms with Gasteiger partial charge in [0.15, 0.2) is 5.16 Å². The number of amides is 1. The SMILES string of the molecule is COc1cccc(-c2nc(SCc3cccc(NC(=O)CCc4ccccc4)c3)[nH]c(=O)c2C#N)c1. The molecule has 0 radical (unpaired) electrons. The maximum Gasteiger partial charge on any atom is 0.270 e. The van der Waals surface area contributed by atoms with Gasteiger partial charge in [0.05, 0.1) is 12.8 Å². The third kappa shape index (κ3) is 6.40. The standard InChI is InChI=1S/C28H24N4O3S/c1-35-23-12-6-10-21(16-23)26-24(17-29)27(34)32-28(31-26)36-18-20-9-5-11-22(15-20)30-25(33)14-13-19-7-3-2-4-8-19/h2-12,15-16H,13-14,18H2,1H3,(H,30,33)(H,31,32,34). The molecular weight excluding hydrogens is 472 g/mol. The molecule has 0 fully saturated rings. The molecule has 0 aliphatic heterocycles. The number of nitriles is 1. The number of anilines is 1. The van der Waals surface area contributed by atoms with Crippen LogP contribution in [0.1, 0.15) is 23.1 Å². The van der Waals surface area contributed by atoms with Gasteiger partial charge in [0.2, 0.25) is 5.91 Å². The molecule has 0 saturated carbocycles. The number of aromatic amines is 1. The lowest BCUT2D eigenvalue weighted by molar-refractivity contribution is -0.116. The summed E-state index contributed by atoms with van der Waals surface area (Å²) in [7, 11) is 1.55. The molecule has 0 aliphatic rings. The van der Waals surface area contributed by atoms with Gasteiger partial charge in [0, 0.05) is 23.4 Å². The number of rotatable bonds is 9. The molecule has 7 nitrogen and oxygen atoms in total. The van der Waals surface area contributed by atoms with E-state index in [-0.39, 0.29) is 11.5 Å². The van der Waals surface area contributed by atoms with Gasteiger partial charge in [-0.1, -0.05) is 66.4 Å². The van der Waals surface area contributed by atoms with Crippen LogP contribution in [0, 0.1) is 11.3 Å². The maximum atomic E-state index is 12.6. The molecule has 180 valence electrons. The summed E-state index contributed by atoms with van der Waals surface area (Å²) in [5.74, 6) is 1.07. The van der Waals surface area contributed by atoms with Gasteiger partial charge < -0.3 is 15.0 Å². The molecule has 0 saturated heterocycles. The van der Waals surface area contributed by atoms with Crippen LogP contribution in [0.15, 0.2) is 88.8 Å². The normalized spacial score (nSPS) is 10.4. The molecule has 0 aliphatic carbocycles. The fourth-order valence-electron chi connectivity index (χ4n) is 3.62. The van der Waals surface area contributed by atoms with Crippen LogP contribution in [0.4, 0.5) is 5.69 Å². The quantitative estimate of drug-likeness (QED) is 0.244. The second kappa shape index (κ2) is 11.9. The minimum Gasteiger partial charge on any atom is -0.497 e. The van der Waals surface area contributed by atoms with Crippen molar-refractivity contribution in [2.75, 3.05) is 12.4 Å². The Hall–Kier alpha value is -4.35. The zero-order valence-corrected chi connectivity index (χ0v) is 20.5. The van der Waals surface area contributed by atoms with E-state index in [1.807, 2.05) is 60.7 Å². The number of benzene rings is 3. The van der Waals surface area contributed by atoms with Gasteiger partial charge in [-0.2, -0.15) is 5.26 Å². The molecule has 8 heteroatoms. The first kappa shape index (κ1) is 24.8. The predicted molar refractivity (Wildman–Crippen MR) is 141 cm³/mol. The Balaban J connectivity index is 1.44. The topological polar surface area (TPSA) is 108 Å². The van der Waals surface area contributed by atoms with Crippen molar-refractivity contribution in [1.29, 1.82) is 5.26 Å². The lowest BCUT2D eigenvalue weighted by atomic mass is 10.1. The van der Waals surface area contributed by atoms with Gasteiger partial charge in [-0.05, 0) is 41.8 Å². The van der Waals surface area contributed by atoms with E-state index in [0.717, 1.165) is 11.1 Å². The van der Waals surface area contributed by atoms with Crippen LogP contribution in [-0.4, -0.2) is 23.0 Å². The van der Waals surface area contributed by atoms with Gasteiger partial charge in [-0.15, -0.1) is 0 Å². The minimum absolute atomic E-state index is 0.0483. The highest BCUT2D eigenvalue weighted by Gasteiger charge is 2.14. The molecular formula is C28H24N4O3S. The van der Waals surface area contributed by atoms with Crippen molar-refractivity contribution in [3.05, 3.63) is 106 Å². The Morgan fingerprint density at radius 2 is 1.83 bits per heavy atom. The molecule has 0 unspecified atom stereocenters. The summed E-state index contributed by atoms with van der Waals surface area (Å²) in [4.78, 5) is 32.2. The highest BCUT2D eigenvalue weighted by molar-refractivity contribution is 7.98. The number of nitrogens with zero attached hydrogens (tertiary/aromatic N) is 2. The number of H-pyrrole nitrogens is 1. The van der Waals surface area contributed by atoms with Gasteiger partial charge in [0.25, 0.3) is 5.56 Å².